The van der Waals surface area contributed by atoms with Gasteiger partial charge < -0.3 is 0 Å². The van der Waals surface area contributed by atoms with E-state index in [0.717, 1.165) is 56.0 Å². The van der Waals surface area contributed by atoms with Gasteiger partial charge in [-0.15, -0.1) is 0 Å². The van der Waals surface area contributed by atoms with Gasteiger partial charge in [0, 0.05) is 37.9 Å². The molecule has 0 amide bonds. The molecule has 4 rings (SSSR count). The number of hydrogen-bond donors (Lipinski definition) is 0. The minimum Gasteiger partial charge on any atom is -0.298 e. The lowest BCUT2D eigenvalue weighted by molar-refractivity contribution is 0.0868. The zero-order valence-corrected chi connectivity index (χ0v) is 18.1. The van der Waals surface area contributed by atoms with Crippen LogP contribution in [-0.2, 0) is 13.1 Å². The van der Waals surface area contributed by atoms with Gasteiger partial charge in [0.1, 0.15) is 5.65 Å². The average molecular weight is 405 g/mol. The number of aromatic nitrogens is 2. The first-order chi connectivity index (χ1) is 14.6. The standard InChI is InChI=1S/C25H32N4O/c1-3-13-28(18-22-15-25(30)29-16-20(2)11-12-24(29)26-22)23-10-7-14-27(19-23)17-21-8-5-4-6-9-21/h4-6,8-9,11-12,15-16,23H,3,7,10,13-14,17-19H2,1-2H3/t23-/m0/s1. The molecule has 0 N–H and O–H groups in total. The first-order valence-corrected chi connectivity index (χ1v) is 11.1. The molecule has 0 bridgehead atoms. The van der Waals surface area contributed by atoms with Crippen molar-refractivity contribution >= 4 is 5.65 Å². The second-order valence-corrected chi connectivity index (χ2v) is 8.51. The van der Waals surface area contributed by atoms with Crippen molar-refractivity contribution in [3.05, 3.63) is 81.9 Å². The first-order valence-electron chi connectivity index (χ1n) is 11.1. The topological polar surface area (TPSA) is 40.9 Å². The summed E-state index contributed by atoms with van der Waals surface area (Å²) < 4.78 is 1.64. The molecule has 0 saturated carbocycles. The summed E-state index contributed by atoms with van der Waals surface area (Å²) in [4.78, 5) is 22.5. The molecule has 1 aromatic carbocycles. The van der Waals surface area contributed by atoms with Crippen molar-refractivity contribution in [1.29, 1.82) is 0 Å². The normalized spacial score (nSPS) is 17.6. The Labute approximate surface area is 179 Å². The predicted molar refractivity (Wildman–Crippen MR) is 122 cm³/mol. The molecule has 3 aromatic rings. The van der Waals surface area contributed by atoms with Crippen LogP contribution in [0.3, 0.4) is 0 Å². The molecule has 30 heavy (non-hydrogen) atoms. The van der Waals surface area contributed by atoms with E-state index < -0.39 is 0 Å². The van der Waals surface area contributed by atoms with E-state index in [1.807, 2.05) is 25.3 Å². The summed E-state index contributed by atoms with van der Waals surface area (Å²) in [6.07, 6.45) is 5.38. The third-order valence-electron chi connectivity index (χ3n) is 5.98. The molecule has 1 saturated heterocycles. The zero-order chi connectivity index (χ0) is 20.9. The fraction of sp³-hybridized carbons (Fsp3) is 0.440. The van der Waals surface area contributed by atoms with Crippen LogP contribution in [0, 0.1) is 6.92 Å². The van der Waals surface area contributed by atoms with Crippen molar-refractivity contribution in [2.45, 2.75) is 52.2 Å². The van der Waals surface area contributed by atoms with Crippen molar-refractivity contribution in [2.24, 2.45) is 0 Å². The second-order valence-electron chi connectivity index (χ2n) is 8.51. The monoisotopic (exact) mass is 404 g/mol. The summed E-state index contributed by atoms with van der Waals surface area (Å²) in [7, 11) is 0. The summed E-state index contributed by atoms with van der Waals surface area (Å²) in [6, 6.07) is 16.9. The van der Waals surface area contributed by atoms with Crippen LogP contribution in [0.2, 0.25) is 0 Å². The van der Waals surface area contributed by atoms with E-state index in [4.69, 9.17) is 4.98 Å². The molecule has 0 unspecified atom stereocenters. The van der Waals surface area contributed by atoms with E-state index in [9.17, 15) is 4.79 Å². The molecule has 1 aliphatic heterocycles. The van der Waals surface area contributed by atoms with Gasteiger partial charge >= 0.3 is 0 Å². The maximum atomic E-state index is 12.6. The number of pyridine rings is 1. The van der Waals surface area contributed by atoms with Crippen LogP contribution in [0.25, 0.3) is 5.65 Å². The minimum atomic E-state index is 0.00416. The summed E-state index contributed by atoms with van der Waals surface area (Å²) >= 11 is 0. The van der Waals surface area contributed by atoms with Crippen molar-refractivity contribution in [3.8, 4) is 0 Å². The van der Waals surface area contributed by atoms with Gasteiger partial charge in [-0.2, -0.15) is 0 Å². The molecule has 1 fully saturated rings. The third kappa shape index (κ3) is 4.97. The fourth-order valence-electron chi connectivity index (χ4n) is 4.54. The van der Waals surface area contributed by atoms with Crippen molar-refractivity contribution in [2.75, 3.05) is 19.6 Å². The smallest absolute Gasteiger partial charge is 0.258 e. The Balaban J connectivity index is 1.50. The highest BCUT2D eigenvalue weighted by molar-refractivity contribution is 5.39. The number of rotatable bonds is 7. The minimum absolute atomic E-state index is 0.00416. The molecule has 3 heterocycles. The number of nitrogens with zero attached hydrogens (tertiary/aromatic N) is 4. The quantitative estimate of drug-likeness (QED) is 0.599. The largest absolute Gasteiger partial charge is 0.298 e. The van der Waals surface area contributed by atoms with E-state index >= 15 is 0 Å². The summed E-state index contributed by atoms with van der Waals surface area (Å²) in [5, 5.41) is 0. The second kappa shape index (κ2) is 9.54. The number of fused-ring (bicyclic) bond motifs is 1. The maximum Gasteiger partial charge on any atom is 0.258 e. The molecule has 5 heteroatoms. The van der Waals surface area contributed by atoms with Crippen LogP contribution in [0.5, 0.6) is 0 Å². The van der Waals surface area contributed by atoms with Gasteiger partial charge in [0.05, 0.1) is 5.69 Å². The summed E-state index contributed by atoms with van der Waals surface area (Å²) in [5.41, 5.74) is 4.04. The Morgan fingerprint density at radius 3 is 2.80 bits per heavy atom. The van der Waals surface area contributed by atoms with Crippen LogP contribution in [0.1, 0.15) is 43.0 Å². The van der Waals surface area contributed by atoms with Gasteiger partial charge in [-0.1, -0.05) is 43.3 Å². The number of likely N-dealkylation sites (tertiary alicyclic amines) is 1. The van der Waals surface area contributed by atoms with Gasteiger partial charge in [-0.3, -0.25) is 19.0 Å². The van der Waals surface area contributed by atoms with Gasteiger partial charge in [0.2, 0.25) is 0 Å². The van der Waals surface area contributed by atoms with E-state index in [1.54, 1.807) is 10.5 Å². The zero-order valence-electron chi connectivity index (χ0n) is 18.1. The van der Waals surface area contributed by atoms with Gasteiger partial charge in [-0.25, -0.2) is 4.98 Å². The molecular weight excluding hydrogens is 372 g/mol. The van der Waals surface area contributed by atoms with E-state index in [-0.39, 0.29) is 5.56 Å². The lowest BCUT2D eigenvalue weighted by Crippen LogP contribution is -2.47. The van der Waals surface area contributed by atoms with Crippen molar-refractivity contribution < 1.29 is 0 Å². The highest BCUT2D eigenvalue weighted by Gasteiger charge is 2.25. The Kier molecular flexibility index (Phi) is 6.60. The van der Waals surface area contributed by atoms with Crippen molar-refractivity contribution in [3.63, 3.8) is 0 Å². The van der Waals surface area contributed by atoms with Crippen LogP contribution in [0.4, 0.5) is 0 Å². The van der Waals surface area contributed by atoms with Gasteiger partial charge in [0.15, 0.2) is 0 Å². The molecule has 2 aromatic heterocycles. The molecular formula is C25H32N4O. The number of aryl methyl sites for hydroxylation is 1. The predicted octanol–water partition coefficient (Wildman–Crippen LogP) is 3.88. The molecule has 0 radical (unpaired) electrons. The first kappa shape index (κ1) is 20.8. The molecule has 0 aliphatic carbocycles. The molecule has 158 valence electrons. The van der Waals surface area contributed by atoms with Crippen LogP contribution >= 0.6 is 0 Å². The molecule has 0 spiro atoms. The van der Waals surface area contributed by atoms with E-state index in [1.165, 1.54) is 18.4 Å². The third-order valence-corrected chi connectivity index (χ3v) is 5.98. The lowest BCUT2D eigenvalue weighted by Gasteiger charge is -2.39. The highest BCUT2D eigenvalue weighted by atomic mass is 16.1. The van der Waals surface area contributed by atoms with Gasteiger partial charge in [-0.05, 0) is 56.5 Å². The molecule has 1 aliphatic rings. The molecule has 5 nitrogen and oxygen atoms in total. The summed E-state index contributed by atoms with van der Waals surface area (Å²) in [6.45, 7) is 9.21. The van der Waals surface area contributed by atoms with E-state index in [2.05, 4.69) is 47.1 Å². The Hall–Kier alpha value is -2.50. The Morgan fingerprint density at radius 2 is 2.00 bits per heavy atom. The van der Waals surface area contributed by atoms with Gasteiger partial charge in [0.25, 0.3) is 5.56 Å². The average Bonchev–Trinajstić information content (AvgIpc) is 2.75. The van der Waals surface area contributed by atoms with Crippen LogP contribution in [-0.4, -0.2) is 44.9 Å². The van der Waals surface area contributed by atoms with E-state index in [0.29, 0.717) is 6.04 Å². The SMILES string of the molecule is CCCN(Cc1cc(=O)n2cc(C)ccc2n1)[C@H]1CCCN(Cc2ccccc2)C1. The Bertz CT molecular complexity index is 1030. The lowest BCUT2D eigenvalue weighted by atomic mass is 10.0. The van der Waals surface area contributed by atoms with Crippen LogP contribution < -0.4 is 5.56 Å². The van der Waals surface area contributed by atoms with Crippen LogP contribution in [0.15, 0.2) is 59.5 Å². The number of benzene rings is 1. The summed E-state index contributed by atoms with van der Waals surface area (Å²) in [5.74, 6) is 0. The Morgan fingerprint density at radius 1 is 1.17 bits per heavy atom. The highest BCUT2D eigenvalue weighted by Crippen LogP contribution is 2.20. The maximum absolute atomic E-state index is 12.6. The fourth-order valence-corrected chi connectivity index (χ4v) is 4.54. The number of hydrogen-bond acceptors (Lipinski definition) is 4. The van der Waals surface area contributed by atoms with Crippen molar-refractivity contribution in [1.82, 2.24) is 19.2 Å². The molecule has 1 atom stereocenters. The number of piperidine rings is 1.